The molecule has 0 bridgehead atoms. The monoisotopic (exact) mass is 407 g/mol. The number of benzene rings is 3. The average molecular weight is 408 g/mol. The van der Waals surface area contributed by atoms with E-state index >= 15 is 0 Å². The van der Waals surface area contributed by atoms with E-state index in [9.17, 15) is 14.9 Å². The first-order valence-corrected chi connectivity index (χ1v) is 9.01. The minimum atomic E-state index is -0.570. The Labute approximate surface area is 170 Å². The summed E-state index contributed by atoms with van der Waals surface area (Å²) >= 11 is 6.00. The van der Waals surface area contributed by atoms with Crippen molar-refractivity contribution in [1.82, 2.24) is 4.98 Å². The third-order valence-electron chi connectivity index (χ3n) is 4.34. The van der Waals surface area contributed by atoms with Crippen molar-refractivity contribution in [1.29, 1.82) is 0 Å². The lowest BCUT2D eigenvalue weighted by Gasteiger charge is -2.07. The van der Waals surface area contributed by atoms with Crippen LogP contribution in [0.4, 0.5) is 11.4 Å². The number of fused-ring (bicyclic) bond motifs is 1. The van der Waals surface area contributed by atoms with Gasteiger partial charge in [-0.2, -0.15) is 0 Å². The van der Waals surface area contributed by atoms with Crippen molar-refractivity contribution in [3.8, 4) is 11.5 Å². The molecule has 1 aromatic heterocycles. The maximum absolute atomic E-state index is 12.4. The molecule has 0 saturated heterocycles. The SMILES string of the molecule is Cc1ccc2nc(-c3ccc(NC(=O)c4ccc([N+](=O)[O-])cc4Cl)cc3)oc2c1. The molecule has 0 aliphatic carbocycles. The highest BCUT2D eigenvalue weighted by molar-refractivity contribution is 6.34. The second-order valence-corrected chi connectivity index (χ2v) is 6.85. The molecule has 1 N–H and O–H groups in total. The lowest BCUT2D eigenvalue weighted by molar-refractivity contribution is -0.384. The van der Waals surface area contributed by atoms with Gasteiger partial charge < -0.3 is 9.73 Å². The predicted molar refractivity (Wildman–Crippen MR) is 110 cm³/mol. The number of hydrogen-bond acceptors (Lipinski definition) is 5. The van der Waals surface area contributed by atoms with E-state index in [2.05, 4.69) is 10.3 Å². The third-order valence-corrected chi connectivity index (χ3v) is 4.65. The van der Waals surface area contributed by atoms with E-state index in [4.69, 9.17) is 16.0 Å². The highest BCUT2D eigenvalue weighted by Crippen LogP contribution is 2.27. The van der Waals surface area contributed by atoms with E-state index in [1.807, 2.05) is 25.1 Å². The van der Waals surface area contributed by atoms with Crippen LogP contribution in [-0.4, -0.2) is 15.8 Å². The van der Waals surface area contributed by atoms with Crippen LogP contribution in [0, 0.1) is 17.0 Å². The number of aromatic nitrogens is 1. The first kappa shape index (κ1) is 18.6. The number of carbonyl (C=O) groups is 1. The van der Waals surface area contributed by atoms with Gasteiger partial charge in [0.2, 0.25) is 5.89 Å². The smallest absolute Gasteiger partial charge is 0.270 e. The highest BCUT2D eigenvalue weighted by Gasteiger charge is 2.15. The van der Waals surface area contributed by atoms with Gasteiger partial charge in [-0.3, -0.25) is 14.9 Å². The van der Waals surface area contributed by atoms with E-state index in [0.29, 0.717) is 17.2 Å². The molecule has 0 spiro atoms. The number of non-ortho nitro benzene ring substituents is 1. The Bertz CT molecular complexity index is 1250. The van der Waals surface area contributed by atoms with Crippen molar-refractivity contribution >= 4 is 40.0 Å². The Hall–Kier alpha value is -3.71. The van der Waals surface area contributed by atoms with Crippen LogP contribution in [0.5, 0.6) is 0 Å². The number of nitro benzene ring substituents is 1. The molecule has 1 amide bonds. The number of amides is 1. The summed E-state index contributed by atoms with van der Waals surface area (Å²) in [5, 5.41) is 13.5. The van der Waals surface area contributed by atoms with Gasteiger partial charge in [-0.15, -0.1) is 0 Å². The van der Waals surface area contributed by atoms with Crippen LogP contribution in [0.1, 0.15) is 15.9 Å². The Balaban J connectivity index is 1.53. The fourth-order valence-corrected chi connectivity index (χ4v) is 3.11. The second kappa shape index (κ2) is 7.37. The van der Waals surface area contributed by atoms with Gasteiger partial charge in [0.05, 0.1) is 15.5 Å². The molecule has 0 radical (unpaired) electrons. The van der Waals surface area contributed by atoms with E-state index < -0.39 is 10.8 Å². The molecular formula is C21H14ClN3O4. The molecule has 8 heteroatoms. The molecule has 0 fully saturated rings. The van der Waals surface area contributed by atoms with E-state index in [1.165, 1.54) is 12.1 Å². The third kappa shape index (κ3) is 3.81. The Morgan fingerprint density at radius 2 is 1.86 bits per heavy atom. The van der Waals surface area contributed by atoms with Crippen molar-refractivity contribution in [2.75, 3.05) is 5.32 Å². The quantitative estimate of drug-likeness (QED) is 0.350. The number of hydrogen-bond donors (Lipinski definition) is 1. The maximum atomic E-state index is 12.4. The molecule has 4 rings (SSSR count). The van der Waals surface area contributed by atoms with Gasteiger partial charge in [0, 0.05) is 23.4 Å². The number of rotatable bonds is 4. The van der Waals surface area contributed by atoms with Gasteiger partial charge in [0.25, 0.3) is 11.6 Å². The second-order valence-electron chi connectivity index (χ2n) is 6.44. The Morgan fingerprint density at radius 3 is 2.55 bits per heavy atom. The zero-order chi connectivity index (χ0) is 20.5. The number of oxazole rings is 1. The van der Waals surface area contributed by atoms with Crippen molar-refractivity contribution in [2.45, 2.75) is 6.92 Å². The van der Waals surface area contributed by atoms with Crippen LogP contribution in [0.3, 0.4) is 0 Å². The lowest BCUT2D eigenvalue weighted by Crippen LogP contribution is -2.12. The fraction of sp³-hybridized carbons (Fsp3) is 0.0476. The molecule has 29 heavy (non-hydrogen) atoms. The van der Waals surface area contributed by atoms with Crippen molar-refractivity contribution in [3.63, 3.8) is 0 Å². The van der Waals surface area contributed by atoms with Gasteiger partial charge in [-0.25, -0.2) is 4.98 Å². The number of halogens is 1. The topological polar surface area (TPSA) is 98.3 Å². The molecule has 144 valence electrons. The lowest BCUT2D eigenvalue weighted by atomic mass is 10.1. The van der Waals surface area contributed by atoms with Crippen molar-refractivity contribution < 1.29 is 14.1 Å². The van der Waals surface area contributed by atoms with Crippen LogP contribution in [0.15, 0.2) is 65.1 Å². The summed E-state index contributed by atoms with van der Waals surface area (Å²) in [6, 6.07) is 16.5. The number of nitrogens with one attached hydrogen (secondary N) is 1. The van der Waals surface area contributed by atoms with E-state index in [0.717, 1.165) is 22.7 Å². The highest BCUT2D eigenvalue weighted by atomic mass is 35.5. The molecule has 0 unspecified atom stereocenters. The molecular weight excluding hydrogens is 394 g/mol. The van der Waals surface area contributed by atoms with Crippen LogP contribution in [0.25, 0.3) is 22.6 Å². The number of aryl methyl sites for hydroxylation is 1. The van der Waals surface area contributed by atoms with E-state index in [1.54, 1.807) is 24.3 Å². The normalized spacial score (nSPS) is 10.8. The standard InChI is InChI=1S/C21H14ClN3O4/c1-12-2-9-18-19(10-12)29-21(24-18)13-3-5-14(6-4-13)23-20(26)16-8-7-15(25(27)28)11-17(16)22/h2-11H,1H3,(H,23,26). The van der Waals surface area contributed by atoms with E-state index in [-0.39, 0.29) is 16.3 Å². The maximum Gasteiger partial charge on any atom is 0.270 e. The number of nitro groups is 1. The fourth-order valence-electron chi connectivity index (χ4n) is 2.85. The molecule has 7 nitrogen and oxygen atoms in total. The van der Waals surface area contributed by atoms with Gasteiger partial charge in [0.1, 0.15) is 5.52 Å². The molecule has 4 aromatic rings. The Morgan fingerprint density at radius 1 is 1.10 bits per heavy atom. The van der Waals surface area contributed by atoms with Gasteiger partial charge >= 0.3 is 0 Å². The molecule has 0 aliphatic heterocycles. The minimum Gasteiger partial charge on any atom is -0.436 e. The van der Waals surface area contributed by atoms with Crippen LogP contribution < -0.4 is 5.32 Å². The van der Waals surface area contributed by atoms with Crippen LogP contribution >= 0.6 is 11.6 Å². The zero-order valence-corrected chi connectivity index (χ0v) is 15.9. The summed E-state index contributed by atoms with van der Waals surface area (Å²) in [6.07, 6.45) is 0. The molecule has 0 aliphatic rings. The largest absolute Gasteiger partial charge is 0.436 e. The predicted octanol–water partition coefficient (Wildman–Crippen LogP) is 5.62. The van der Waals surface area contributed by atoms with Crippen LogP contribution in [-0.2, 0) is 0 Å². The van der Waals surface area contributed by atoms with Crippen molar-refractivity contribution in [2.24, 2.45) is 0 Å². The first-order valence-electron chi connectivity index (χ1n) is 8.63. The summed E-state index contributed by atoms with van der Waals surface area (Å²) in [4.78, 5) is 27.1. The van der Waals surface area contributed by atoms with Crippen LogP contribution in [0.2, 0.25) is 5.02 Å². The summed E-state index contributed by atoms with van der Waals surface area (Å²) in [5.41, 5.74) is 3.86. The summed E-state index contributed by atoms with van der Waals surface area (Å²) in [6.45, 7) is 1.98. The zero-order valence-electron chi connectivity index (χ0n) is 15.2. The molecule has 0 atom stereocenters. The minimum absolute atomic E-state index is 0.00934. The summed E-state index contributed by atoms with van der Waals surface area (Å²) in [7, 11) is 0. The number of nitrogens with zero attached hydrogens (tertiary/aromatic N) is 2. The van der Waals surface area contributed by atoms with Gasteiger partial charge in [-0.1, -0.05) is 17.7 Å². The van der Waals surface area contributed by atoms with Crippen molar-refractivity contribution in [3.05, 3.63) is 86.9 Å². The first-order chi connectivity index (χ1) is 13.9. The summed E-state index contributed by atoms with van der Waals surface area (Å²) < 4.78 is 5.80. The summed E-state index contributed by atoms with van der Waals surface area (Å²) in [5.74, 6) is 0.0249. The average Bonchev–Trinajstić information content (AvgIpc) is 3.11. The Kier molecular flexibility index (Phi) is 4.74. The number of carbonyl (C=O) groups excluding carboxylic acids is 1. The van der Waals surface area contributed by atoms with Gasteiger partial charge in [-0.05, 0) is 55.0 Å². The molecule has 1 heterocycles. The molecule has 0 saturated carbocycles. The molecule has 3 aromatic carbocycles. The number of anilines is 1. The van der Waals surface area contributed by atoms with Gasteiger partial charge in [0.15, 0.2) is 5.58 Å².